The predicted molar refractivity (Wildman–Crippen MR) is 110 cm³/mol. The molecule has 1 aromatic heterocycles. The predicted octanol–water partition coefficient (Wildman–Crippen LogP) is 3.71. The summed E-state index contributed by atoms with van der Waals surface area (Å²) < 4.78 is 55.7. The van der Waals surface area contributed by atoms with Crippen LogP contribution in [0.4, 0.5) is 17.6 Å². The van der Waals surface area contributed by atoms with Crippen molar-refractivity contribution in [2.75, 3.05) is 0 Å². The standard InChI is InChI=1S/C22H21F4N3O3/c1-10(13-6-5-11(23)8-15(13)25)27-19(30)18(22(2,3)4)29-20(31)14-7-12(24)9-16(26)17(14)28-21(29)32/h5-10,18H,1-4H3,(H,27,30)(H,28,32)/t10-,18-/m1/s1. The lowest BCUT2D eigenvalue weighted by atomic mass is 9.85. The Labute approximate surface area is 179 Å². The van der Waals surface area contributed by atoms with E-state index < -0.39 is 68.8 Å². The van der Waals surface area contributed by atoms with Crippen LogP contribution in [0.15, 0.2) is 39.9 Å². The average molecular weight is 451 g/mol. The van der Waals surface area contributed by atoms with Crippen LogP contribution in [0.2, 0.25) is 0 Å². The first-order valence-corrected chi connectivity index (χ1v) is 9.70. The first-order chi connectivity index (χ1) is 14.8. The van der Waals surface area contributed by atoms with E-state index in [-0.39, 0.29) is 5.56 Å². The van der Waals surface area contributed by atoms with E-state index in [0.29, 0.717) is 16.7 Å². The van der Waals surface area contributed by atoms with Crippen LogP contribution in [-0.4, -0.2) is 15.5 Å². The third kappa shape index (κ3) is 4.30. The van der Waals surface area contributed by atoms with E-state index in [1.54, 1.807) is 20.8 Å². The molecule has 0 saturated heterocycles. The van der Waals surface area contributed by atoms with Gasteiger partial charge in [-0.2, -0.15) is 0 Å². The molecule has 0 radical (unpaired) electrons. The number of H-pyrrole nitrogens is 1. The topological polar surface area (TPSA) is 84.0 Å². The van der Waals surface area contributed by atoms with Crippen LogP contribution in [0, 0.1) is 28.7 Å². The van der Waals surface area contributed by atoms with Crippen molar-refractivity contribution in [3.8, 4) is 0 Å². The van der Waals surface area contributed by atoms with E-state index in [4.69, 9.17) is 0 Å². The molecule has 2 aromatic carbocycles. The van der Waals surface area contributed by atoms with Gasteiger partial charge < -0.3 is 10.3 Å². The van der Waals surface area contributed by atoms with Crippen molar-refractivity contribution in [3.63, 3.8) is 0 Å². The highest BCUT2D eigenvalue weighted by Crippen LogP contribution is 2.30. The molecule has 0 saturated carbocycles. The van der Waals surface area contributed by atoms with E-state index in [2.05, 4.69) is 10.3 Å². The van der Waals surface area contributed by atoms with Crippen molar-refractivity contribution >= 4 is 16.8 Å². The van der Waals surface area contributed by atoms with Crippen molar-refractivity contribution in [2.45, 2.75) is 39.8 Å². The largest absolute Gasteiger partial charge is 0.348 e. The first-order valence-electron chi connectivity index (χ1n) is 9.70. The zero-order chi connectivity index (χ0) is 24.0. The Hall–Kier alpha value is -3.43. The number of halogens is 4. The Morgan fingerprint density at radius 2 is 1.62 bits per heavy atom. The van der Waals surface area contributed by atoms with E-state index in [1.165, 1.54) is 13.0 Å². The lowest BCUT2D eigenvalue weighted by Crippen LogP contribution is -2.49. The first kappa shape index (κ1) is 23.2. The number of benzene rings is 2. The molecule has 0 aliphatic heterocycles. The Bertz CT molecular complexity index is 1320. The summed E-state index contributed by atoms with van der Waals surface area (Å²) in [6.07, 6.45) is 0. The average Bonchev–Trinajstić information content (AvgIpc) is 2.64. The van der Waals surface area contributed by atoms with Gasteiger partial charge in [-0.25, -0.2) is 26.9 Å². The second kappa shape index (κ2) is 8.25. The van der Waals surface area contributed by atoms with Gasteiger partial charge >= 0.3 is 5.69 Å². The number of carbonyl (C=O) groups is 1. The fourth-order valence-corrected chi connectivity index (χ4v) is 3.61. The molecule has 0 fully saturated rings. The van der Waals surface area contributed by atoms with Crippen LogP contribution in [-0.2, 0) is 4.79 Å². The second-order valence-corrected chi connectivity index (χ2v) is 8.58. The van der Waals surface area contributed by atoms with Crippen molar-refractivity contribution in [3.05, 3.63) is 80.0 Å². The molecule has 0 bridgehead atoms. The zero-order valence-corrected chi connectivity index (χ0v) is 17.7. The van der Waals surface area contributed by atoms with Gasteiger partial charge in [-0.15, -0.1) is 0 Å². The van der Waals surface area contributed by atoms with Crippen LogP contribution in [0.1, 0.15) is 45.3 Å². The molecule has 2 N–H and O–H groups in total. The van der Waals surface area contributed by atoms with Gasteiger partial charge in [0.1, 0.15) is 23.5 Å². The van der Waals surface area contributed by atoms with Crippen molar-refractivity contribution in [1.82, 2.24) is 14.9 Å². The third-order valence-electron chi connectivity index (χ3n) is 5.07. The number of aromatic amines is 1. The number of amides is 1. The summed E-state index contributed by atoms with van der Waals surface area (Å²) in [5.74, 6) is -4.62. The Morgan fingerprint density at radius 1 is 1.00 bits per heavy atom. The van der Waals surface area contributed by atoms with E-state index in [9.17, 15) is 31.9 Å². The number of carbonyl (C=O) groups excluding carboxylic acids is 1. The molecular formula is C22H21F4N3O3. The van der Waals surface area contributed by atoms with Gasteiger partial charge in [-0.3, -0.25) is 9.59 Å². The molecule has 1 amide bonds. The molecule has 10 heteroatoms. The van der Waals surface area contributed by atoms with Gasteiger partial charge in [-0.05, 0) is 24.5 Å². The maximum Gasteiger partial charge on any atom is 0.329 e. The summed E-state index contributed by atoms with van der Waals surface area (Å²) >= 11 is 0. The number of hydrogen-bond acceptors (Lipinski definition) is 3. The summed E-state index contributed by atoms with van der Waals surface area (Å²) in [4.78, 5) is 41.1. The van der Waals surface area contributed by atoms with Crippen molar-refractivity contribution in [1.29, 1.82) is 0 Å². The van der Waals surface area contributed by atoms with Gasteiger partial charge in [0, 0.05) is 17.7 Å². The highest BCUT2D eigenvalue weighted by atomic mass is 19.1. The molecule has 2 atom stereocenters. The van der Waals surface area contributed by atoms with Crippen LogP contribution in [0.25, 0.3) is 10.9 Å². The third-order valence-corrected chi connectivity index (χ3v) is 5.07. The van der Waals surface area contributed by atoms with Crippen LogP contribution in [0.3, 0.4) is 0 Å². The van der Waals surface area contributed by atoms with E-state index in [1.807, 2.05) is 0 Å². The minimum Gasteiger partial charge on any atom is -0.348 e. The smallest absolute Gasteiger partial charge is 0.329 e. The normalized spacial score (nSPS) is 13.8. The maximum absolute atomic E-state index is 14.1. The zero-order valence-electron chi connectivity index (χ0n) is 17.7. The van der Waals surface area contributed by atoms with Crippen LogP contribution >= 0.6 is 0 Å². The van der Waals surface area contributed by atoms with Gasteiger partial charge in [0.15, 0.2) is 5.82 Å². The number of fused-ring (bicyclic) bond motifs is 1. The quantitative estimate of drug-likeness (QED) is 0.594. The minimum absolute atomic E-state index is 0.00341. The molecule has 170 valence electrons. The molecule has 6 nitrogen and oxygen atoms in total. The summed E-state index contributed by atoms with van der Waals surface area (Å²) in [6, 6.07) is 1.81. The Kier molecular flexibility index (Phi) is 5.99. The minimum atomic E-state index is -1.42. The lowest BCUT2D eigenvalue weighted by molar-refractivity contribution is -0.128. The molecule has 3 aromatic rings. The number of aromatic nitrogens is 2. The summed E-state index contributed by atoms with van der Waals surface area (Å²) in [6.45, 7) is 6.21. The SMILES string of the molecule is C[C@@H](NC(=O)[C@@H](n1c(=O)[nH]c2c(F)cc(F)cc2c1=O)C(C)(C)C)c1ccc(F)cc1F. The molecule has 0 spiro atoms. The molecule has 0 aliphatic carbocycles. The molecule has 1 heterocycles. The number of nitrogens with zero attached hydrogens (tertiary/aromatic N) is 1. The highest BCUT2D eigenvalue weighted by Gasteiger charge is 2.36. The molecule has 0 aliphatic rings. The molecule has 32 heavy (non-hydrogen) atoms. The van der Waals surface area contributed by atoms with Gasteiger partial charge in [0.05, 0.1) is 16.9 Å². The van der Waals surface area contributed by atoms with Gasteiger partial charge in [-0.1, -0.05) is 26.8 Å². The van der Waals surface area contributed by atoms with Gasteiger partial charge in [0.25, 0.3) is 5.56 Å². The van der Waals surface area contributed by atoms with Gasteiger partial charge in [0.2, 0.25) is 5.91 Å². The van der Waals surface area contributed by atoms with E-state index >= 15 is 0 Å². The van der Waals surface area contributed by atoms with Crippen molar-refractivity contribution in [2.24, 2.45) is 5.41 Å². The summed E-state index contributed by atoms with van der Waals surface area (Å²) in [7, 11) is 0. The lowest BCUT2D eigenvalue weighted by Gasteiger charge is -2.31. The van der Waals surface area contributed by atoms with Crippen molar-refractivity contribution < 1.29 is 22.4 Å². The number of rotatable bonds is 4. The van der Waals surface area contributed by atoms with Crippen LogP contribution in [0.5, 0.6) is 0 Å². The van der Waals surface area contributed by atoms with Crippen LogP contribution < -0.4 is 16.6 Å². The monoisotopic (exact) mass is 451 g/mol. The summed E-state index contributed by atoms with van der Waals surface area (Å²) in [5, 5.41) is 2.08. The Morgan fingerprint density at radius 3 is 2.22 bits per heavy atom. The number of nitrogens with one attached hydrogen (secondary N) is 2. The van der Waals surface area contributed by atoms with E-state index in [0.717, 1.165) is 12.1 Å². The summed E-state index contributed by atoms with van der Waals surface area (Å²) in [5.41, 5.74) is -3.62. The Balaban J connectivity index is 2.11. The fourth-order valence-electron chi connectivity index (χ4n) is 3.61. The molecular weight excluding hydrogens is 430 g/mol. The molecule has 0 unspecified atom stereocenters. The second-order valence-electron chi connectivity index (χ2n) is 8.58. The highest BCUT2D eigenvalue weighted by molar-refractivity contribution is 5.83. The fraction of sp³-hybridized carbons (Fsp3) is 0.318. The maximum atomic E-state index is 14.1. The molecule has 3 rings (SSSR count). The number of hydrogen-bond donors (Lipinski definition) is 2.